The fourth-order valence-corrected chi connectivity index (χ4v) is 1.89. The first-order valence-electron chi connectivity index (χ1n) is 5.94. The second kappa shape index (κ2) is 6.91. The minimum Gasteiger partial charge on any atom is -0.478 e. The maximum absolute atomic E-state index is 11.7. The van der Waals surface area contributed by atoms with Gasteiger partial charge in [-0.1, -0.05) is 0 Å². The zero-order valence-corrected chi connectivity index (χ0v) is 11.8. The first kappa shape index (κ1) is 16.0. The number of carbonyl (C=O) groups is 2. The number of aliphatic carboxylic acids is 1. The first-order valence-corrected chi connectivity index (χ1v) is 5.94. The molecule has 6 nitrogen and oxygen atoms in total. The van der Waals surface area contributed by atoms with E-state index in [-0.39, 0.29) is 18.3 Å². The van der Waals surface area contributed by atoms with Crippen molar-refractivity contribution in [1.29, 1.82) is 0 Å². The lowest BCUT2D eigenvalue weighted by molar-refractivity contribution is -0.131. The number of amides is 1. The molecule has 1 aliphatic heterocycles. The smallest absolute Gasteiger partial charge is 0.328 e. The lowest BCUT2D eigenvalue weighted by Crippen LogP contribution is -2.30. The molecule has 0 bridgehead atoms. The Balaban J connectivity index is 0.00000200. The van der Waals surface area contributed by atoms with Gasteiger partial charge in [0.1, 0.15) is 5.82 Å². The van der Waals surface area contributed by atoms with E-state index in [4.69, 9.17) is 5.11 Å². The number of anilines is 1. The molecule has 0 aliphatic carbocycles. The fraction of sp³-hybridized carbons (Fsp3) is 0.308. The van der Waals surface area contributed by atoms with Gasteiger partial charge in [-0.15, -0.1) is 12.4 Å². The van der Waals surface area contributed by atoms with Crippen LogP contribution in [-0.4, -0.2) is 40.5 Å². The van der Waals surface area contributed by atoms with Crippen molar-refractivity contribution in [3.05, 3.63) is 29.5 Å². The van der Waals surface area contributed by atoms with E-state index >= 15 is 0 Å². The predicted octanol–water partition coefficient (Wildman–Crippen LogP) is 1.38. The number of carboxylic acid groups (broad SMARTS) is 1. The quantitative estimate of drug-likeness (QED) is 0.806. The minimum atomic E-state index is -1.00. The van der Waals surface area contributed by atoms with Gasteiger partial charge in [-0.2, -0.15) is 0 Å². The standard InChI is InChI=1S/C13H15N3O3.ClH/c1-16-8-10-6-9(2-3-12(18)19)7-15-13(10)14-5-4-11(16)17;/h2-3,6-7H,4-5,8H2,1H3,(H,14,15)(H,18,19);1H. The molecule has 1 aromatic heterocycles. The zero-order valence-electron chi connectivity index (χ0n) is 11.0. The highest BCUT2D eigenvalue weighted by atomic mass is 35.5. The number of aromatic nitrogens is 1. The van der Waals surface area contributed by atoms with Crippen molar-refractivity contribution in [2.75, 3.05) is 18.9 Å². The SMILES string of the molecule is CN1Cc2cc(C=CC(=O)O)cnc2NCCC1=O.Cl. The zero-order chi connectivity index (χ0) is 13.8. The number of hydrogen-bond acceptors (Lipinski definition) is 4. The van der Waals surface area contributed by atoms with Crippen molar-refractivity contribution in [3.8, 4) is 0 Å². The van der Waals surface area contributed by atoms with Crippen LogP contribution in [0, 0.1) is 0 Å². The van der Waals surface area contributed by atoms with Crippen LogP contribution in [0.25, 0.3) is 6.08 Å². The van der Waals surface area contributed by atoms with E-state index in [0.717, 1.165) is 17.5 Å². The van der Waals surface area contributed by atoms with Crippen LogP contribution >= 0.6 is 12.4 Å². The molecule has 0 radical (unpaired) electrons. The molecule has 0 fully saturated rings. The van der Waals surface area contributed by atoms with Crippen LogP contribution < -0.4 is 5.32 Å². The number of carbonyl (C=O) groups excluding carboxylic acids is 1. The van der Waals surface area contributed by atoms with E-state index in [1.165, 1.54) is 6.08 Å². The average molecular weight is 298 g/mol. The number of carboxylic acids is 1. The molecule has 0 unspecified atom stereocenters. The molecule has 0 saturated carbocycles. The van der Waals surface area contributed by atoms with Gasteiger partial charge >= 0.3 is 5.97 Å². The van der Waals surface area contributed by atoms with E-state index in [2.05, 4.69) is 10.3 Å². The maximum Gasteiger partial charge on any atom is 0.328 e. The normalized spacial score (nSPS) is 14.8. The molecular weight excluding hydrogens is 282 g/mol. The summed E-state index contributed by atoms with van der Waals surface area (Å²) in [7, 11) is 1.75. The highest BCUT2D eigenvalue weighted by molar-refractivity contribution is 5.85. The maximum atomic E-state index is 11.7. The summed E-state index contributed by atoms with van der Waals surface area (Å²) >= 11 is 0. The van der Waals surface area contributed by atoms with E-state index in [1.54, 1.807) is 18.1 Å². The molecule has 0 saturated heterocycles. The molecule has 108 valence electrons. The molecule has 2 rings (SSSR count). The Morgan fingerprint density at radius 2 is 2.30 bits per heavy atom. The second-order valence-corrected chi connectivity index (χ2v) is 4.37. The predicted molar refractivity (Wildman–Crippen MR) is 77.7 cm³/mol. The number of halogens is 1. The van der Waals surface area contributed by atoms with E-state index < -0.39 is 5.97 Å². The summed E-state index contributed by atoms with van der Waals surface area (Å²) in [6, 6.07) is 1.84. The number of fused-ring (bicyclic) bond motifs is 1. The Kier molecular flexibility index (Phi) is 5.52. The van der Waals surface area contributed by atoms with Crippen molar-refractivity contribution in [3.63, 3.8) is 0 Å². The van der Waals surface area contributed by atoms with Crippen LogP contribution in [-0.2, 0) is 16.1 Å². The Morgan fingerprint density at radius 1 is 1.55 bits per heavy atom. The molecule has 1 aromatic rings. The van der Waals surface area contributed by atoms with Gasteiger partial charge in [-0.05, 0) is 17.7 Å². The van der Waals surface area contributed by atoms with Crippen molar-refractivity contribution >= 4 is 36.2 Å². The topological polar surface area (TPSA) is 82.5 Å². The van der Waals surface area contributed by atoms with Gasteiger partial charge in [0, 0.05) is 44.4 Å². The van der Waals surface area contributed by atoms with Gasteiger partial charge in [-0.3, -0.25) is 4.79 Å². The van der Waals surface area contributed by atoms with Gasteiger partial charge < -0.3 is 15.3 Å². The fourth-order valence-electron chi connectivity index (χ4n) is 1.89. The van der Waals surface area contributed by atoms with Crippen molar-refractivity contribution < 1.29 is 14.7 Å². The summed E-state index contributed by atoms with van der Waals surface area (Å²) < 4.78 is 0. The van der Waals surface area contributed by atoms with Crippen LogP contribution in [0.2, 0.25) is 0 Å². The Morgan fingerprint density at radius 3 is 3.00 bits per heavy atom. The monoisotopic (exact) mass is 297 g/mol. The summed E-state index contributed by atoms with van der Waals surface area (Å²) in [6.07, 6.45) is 4.60. The molecule has 2 N–H and O–H groups in total. The summed E-state index contributed by atoms with van der Waals surface area (Å²) in [5.41, 5.74) is 1.58. The van der Waals surface area contributed by atoms with Gasteiger partial charge in [0.15, 0.2) is 0 Å². The molecule has 2 heterocycles. The van der Waals surface area contributed by atoms with Crippen molar-refractivity contribution in [2.45, 2.75) is 13.0 Å². The lowest BCUT2D eigenvalue weighted by Gasteiger charge is -2.22. The highest BCUT2D eigenvalue weighted by Crippen LogP contribution is 2.19. The van der Waals surface area contributed by atoms with Gasteiger partial charge in [0.05, 0.1) is 0 Å². The molecule has 0 spiro atoms. The Labute approximate surface area is 122 Å². The molecule has 0 atom stereocenters. The van der Waals surface area contributed by atoms with Crippen molar-refractivity contribution in [1.82, 2.24) is 9.88 Å². The van der Waals surface area contributed by atoms with Gasteiger partial charge in [0.25, 0.3) is 0 Å². The third-order valence-corrected chi connectivity index (χ3v) is 2.87. The number of pyridine rings is 1. The number of hydrogen-bond donors (Lipinski definition) is 2. The molecule has 20 heavy (non-hydrogen) atoms. The lowest BCUT2D eigenvalue weighted by atomic mass is 10.1. The minimum absolute atomic E-state index is 0. The summed E-state index contributed by atoms with van der Waals surface area (Å²) in [4.78, 5) is 28.0. The van der Waals surface area contributed by atoms with E-state index in [9.17, 15) is 9.59 Å². The largest absolute Gasteiger partial charge is 0.478 e. The molecule has 7 heteroatoms. The van der Waals surface area contributed by atoms with Crippen LogP contribution in [0.5, 0.6) is 0 Å². The van der Waals surface area contributed by atoms with E-state index in [1.807, 2.05) is 6.07 Å². The summed E-state index contributed by atoms with van der Waals surface area (Å²) in [5, 5.41) is 11.7. The number of rotatable bonds is 2. The number of nitrogens with zero attached hydrogens (tertiary/aromatic N) is 2. The molecular formula is C13H16ClN3O3. The van der Waals surface area contributed by atoms with Crippen molar-refractivity contribution in [2.24, 2.45) is 0 Å². The average Bonchev–Trinajstić information content (AvgIpc) is 2.36. The van der Waals surface area contributed by atoms with Crippen LogP contribution in [0.15, 0.2) is 18.3 Å². The second-order valence-electron chi connectivity index (χ2n) is 4.37. The Bertz CT molecular complexity index is 546. The van der Waals surface area contributed by atoms with E-state index in [0.29, 0.717) is 25.1 Å². The molecule has 0 aromatic carbocycles. The molecule has 1 aliphatic rings. The number of nitrogens with one attached hydrogen (secondary N) is 1. The Hall–Kier alpha value is -2.08. The van der Waals surface area contributed by atoms with Crippen LogP contribution in [0.3, 0.4) is 0 Å². The summed E-state index contributed by atoms with van der Waals surface area (Å²) in [6.45, 7) is 1.01. The van der Waals surface area contributed by atoms with Gasteiger partial charge in [-0.25, -0.2) is 9.78 Å². The van der Waals surface area contributed by atoms with Gasteiger partial charge in [0.2, 0.25) is 5.91 Å². The highest BCUT2D eigenvalue weighted by Gasteiger charge is 2.16. The first-order chi connectivity index (χ1) is 9.06. The van der Waals surface area contributed by atoms with Crippen LogP contribution in [0.4, 0.5) is 5.82 Å². The third-order valence-electron chi connectivity index (χ3n) is 2.87. The third kappa shape index (κ3) is 3.96. The molecule has 1 amide bonds. The summed E-state index contributed by atoms with van der Waals surface area (Å²) in [5.74, 6) is -0.186. The van der Waals surface area contributed by atoms with Crippen LogP contribution in [0.1, 0.15) is 17.5 Å².